The topological polar surface area (TPSA) is 88.2 Å². The number of halogens is 1. The Balaban J connectivity index is 1.45. The first-order valence-electron chi connectivity index (χ1n) is 11.4. The van der Waals surface area contributed by atoms with Gasteiger partial charge >= 0.3 is 6.09 Å². The van der Waals surface area contributed by atoms with Gasteiger partial charge in [-0.3, -0.25) is 9.69 Å². The number of amides is 1. The Morgan fingerprint density at radius 3 is 2.76 bits per heavy atom. The number of rotatable bonds is 6. The Bertz CT molecular complexity index is 1070. The minimum atomic E-state index is -0.679. The van der Waals surface area contributed by atoms with Crippen LogP contribution in [0, 0.1) is 29.0 Å². The Kier molecular flexibility index (Phi) is 6.24. The molecule has 0 N–H and O–H groups in total. The van der Waals surface area contributed by atoms with Crippen molar-refractivity contribution in [2.24, 2.45) is 11.8 Å². The molecule has 2 fully saturated rings. The minimum Gasteiger partial charge on any atom is -0.444 e. The second-order valence-corrected chi connectivity index (χ2v) is 9.99. The van der Waals surface area contributed by atoms with Crippen molar-refractivity contribution in [1.82, 2.24) is 14.7 Å². The predicted octanol–water partition coefficient (Wildman–Crippen LogP) is 4.44. The summed E-state index contributed by atoms with van der Waals surface area (Å²) in [6.07, 6.45) is 5.50. The first kappa shape index (κ1) is 23.0. The number of nitrogens with zero attached hydrogens (tertiary/aromatic N) is 4. The molecule has 1 saturated heterocycles. The van der Waals surface area contributed by atoms with E-state index in [4.69, 9.17) is 4.74 Å². The molecule has 7 nitrogen and oxygen atoms in total. The summed E-state index contributed by atoms with van der Waals surface area (Å²) in [4.78, 5) is 27.7. The van der Waals surface area contributed by atoms with Crippen molar-refractivity contribution in [2.45, 2.75) is 70.6 Å². The third-order valence-electron chi connectivity index (χ3n) is 6.42. The molecule has 8 heteroatoms. The molecule has 0 radical (unpaired) electrons. The summed E-state index contributed by atoms with van der Waals surface area (Å²) in [6.45, 7) is 5.40. The van der Waals surface area contributed by atoms with Gasteiger partial charge in [-0.05, 0) is 76.1 Å². The van der Waals surface area contributed by atoms with Crippen molar-refractivity contribution < 1.29 is 18.7 Å². The molecule has 174 valence electrons. The lowest BCUT2D eigenvalue weighted by atomic mass is 9.88. The van der Waals surface area contributed by atoms with Gasteiger partial charge in [-0.2, -0.15) is 10.4 Å². The van der Waals surface area contributed by atoms with E-state index in [1.807, 2.05) is 0 Å². The van der Waals surface area contributed by atoms with Gasteiger partial charge in [0.25, 0.3) is 0 Å². The summed E-state index contributed by atoms with van der Waals surface area (Å²) in [6, 6.07) is 8.09. The van der Waals surface area contributed by atoms with Crippen LogP contribution in [0.3, 0.4) is 0 Å². The highest BCUT2D eigenvalue weighted by molar-refractivity contribution is 5.89. The number of hydrogen-bond acceptors (Lipinski definition) is 5. The maximum Gasteiger partial charge on any atom is 0.411 e. The van der Waals surface area contributed by atoms with E-state index in [0.29, 0.717) is 11.3 Å². The average molecular weight is 453 g/mol. The fraction of sp³-hybridized carbons (Fsp3) is 0.520. The quantitative estimate of drug-likeness (QED) is 0.647. The monoisotopic (exact) mass is 452 g/mol. The van der Waals surface area contributed by atoms with Gasteiger partial charge in [0.15, 0.2) is 5.78 Å². The summed E-state index contributed by atoms with van der Waals surface area (Å²) in [5.41, 5.74) is 0.310. The number of aromatic nitrogens is 2. The van der Waals surface area contributed by atoms with Crippen molar-refractivity contribution in [3.63, 3.8) is 0 Å². The molecule has 4 rings (SSSR count). The van der Waals surface area contributed by atoms with E-state index >= 15 is 0 Å². The third-order valence-corrected chi connectivity index (χ3v) is 6.42. The second kappa shape index (κ2) is 8.97. The maximum absolute atomic E-state index is 14.7. The highest BCUT2D eigenvalue weighted by Gasteiger charge is 2.52. The smallest absolute Gasteiger partial charge is 0.411 e. The summed E-state index contributed by atoms with van der Waals surface area (Å²) >= 11 is 0. The van der Waals surface area contributed by atoms with Crippen LogP contribution < -0.4 is 0 Å². The molecule has 33 heavy (non-hydrogen) atoms. The van der Waals surface area contributed by atoms with Crippen molar-refractivity contribution in [2.75, 3.05) is 0 Å². The fourth-order valence-electron chi connectivity index (χ4n) is 5.04. The van der Waals surface area contributed by atoms with Gasteiger partial charge in [-0.15, -0.1) is 0 Å². The summed E-state index contributed by atoms with van der Waals surface area (Å²) in [5, 5.41) is 13.8. The number of Topliss-reactive ketones (excluding diaryl/α,β-unsaturated/α-hetero) is 1. The maximum atomic E-state index is 14.7. The largest absolute Gasteiger partial charge is 0.444 e. The van der Waals surface area contributed by atoms with E-state index in [-0.39, 0.29) is 30.6 Å². The van der Waals surface area contributed by atoms with Crippen LogP contribution in [-0.4, -0.2) is 44.2 Å². The number of ether oxygens (including phenoxy) is 1. The Hall–Kier alpha value is -3.21. The number of carbonyl (C=O) groups is 2. The molecule has 2 aliphatic rings. The highest BCUT2D eigenvalue weighted by atomic mass is 19.1. The molecule has 1 amide bonds. The normalized spacial score (nSPS) is 22.8. The van der Waals surface area contributed by atoms with Crippen LogP contribution in [0.5, 0.6) is 0 Å². The molecule has 0 spiro atoms. The standard InChI is InChI=1S/C25H29FN4O3/c1-25(2,3)33-24(32)30-20-8-6-18(13-20)23(30)22(31)12-16(15-27)11-17-5-7-19(14-21(17)26)29-10-4-9-28-29/h4-5,7,9-10,14,16,18,20,23H,6,8,11-13H2,1-3H3/t16-,18+,20-,23+/m1/s1. The molecule has 2 heterocycles. The molecule has 4 atom stereocenters. The summed E-state index contributed by atoms with van der Waals surface area (Å²) in [5.74, 6) is -1.17. The highest BCUT2D eigenvalue weighted by Crippen LogP contribution is 2.44. The van der Waals surface area contributed by atoms with E-state index in [1.54, 1.807) is 60.9 Å². The van der Waals surface area contributed by atoms with Crippen molar-refractivity contribution in [1.29, 1.82) is 5.26 Å². The Labute approximate surface area is 193 Å². The lowest BCUT2D eigenvalue weighted by Crippen LogP contribution is -2.51. The van der Waals surface area contributed by atoms with Gasteiger partial charge in [0.2, 0.25) is 0 Å². The Morgan fingerprint density at radius 1 is 1.33 bits per heavy atom. The predicted molar refractivity (Wildman–Crippen MR) is 119 cm³/mol. The molecular weight excluding hydrogens is 423 g/mol. The minimum absolute atomic E-state index is 0.00613. The molecule has 1 aromatic heterocycles. The molecule has 2 bridgehead atoms. The number of ketones is 1. The number of nitriles is 1. The van der Waals surface area contributed by atoms with Crippen LogP contribution >= 0.6 is 0 Å². The van der Waals surface area contributed by atoms with E-state index in [2.05, 4.69) is 11.2 Å². The van der Waals surface area contributed by atoms with Crippen molar-refractivity contribution in [3.05, 3.63) is 48.0 Å². The van der Waals surface area contributed by atoms with E-state index in [0.717, 1.165) is 19.3 Å². The molecule has 1 saturated carbocycles. The zero-order valence-electron chi connectivity index (χ0n) is 19.2. The van der Waals surface area contributed by atoms with Gasteiger partial charge in [0.1, 0.15) is 11.4 Å². The lowest BCUT2D eigenvalue weighted by molar-refractivity contribution is -0.126. The number of benzene rings is 1. The van der Waals surface area contributed by atoms with Crippen LogP contribution in [-0.2, 0) is 16.0 Å². The van der Waals surface area contributed by atoms with Crippen LogP contribution in [0.2, 0.25) is 0 Å². The van der Waals surface area contributed by atoms with Gasteiger partial charge in [-0.25, -0.2) is 13.9 Å². The number of fused-ring (bicyclic) bond motifs is 2. The van der Waals surface area contributed by atoms with E-state index in [1.165, 1.54) is 6.07 Å². The molecular formula is C25H29FN4O3. The third kappa shape index (κ3) is 4.92. The first-order valence-corrected chi connectivity index (χ1v) is 11.4. The van der Waals surface area contributed by atoms with Gasteiger partial charge < -0.3 is 4.74 Å². The van der Waals surface area contributed by atoms with E-state index in [9.17, 15) is 19.2 Å². The summed E-state index contributed by atoms with van der Waals surface area (Å²) < 4.78 is 21.8. The number of piperidine rings is 1. The Morgan fingerprint density at radius 2 is 2.12 bits per heavy atom. The SMILES string of the molecule is CC(C)(C)OC(=O)N1[C@@H]2CC[C@@H](C2)[C@H]1C(=O)C[C@H](C#N)Cc1ccc(-n2cccn2)cc1F. The van der Waals surface area contributed by atoms with Gasteiger partial charge in [0.05, 0.1) is 23.7 Å². The summed E-state index contributed by atoms with van der Waals surface area (Å²) in [7, 11) is 0. The molecule has 1 aromatic carbocycles. The van der Waals surface area contributed by atoms with E-state index < -0.39 is 29.5 Å². The molecule has 1 aliphatic carbocycles. The number of hydrogen-bond donors (Lipinski definition) is 0. The van der Waals surface area contributed by atoms with Gasteiger partial charge in [0, 0.05) is 24.9 Å². The average Bonchev–Trinajstić information content (AvgIpc) is 3.50. The van der Waals surface area contributed by atoms with Crippen molar-refractivity contribution >= 4 is 11.9 Å². The second-order valence-electron chi connectivity index (χ2n) is 9.99. The van der Waals surface area contributed by atoms with Gasteiger partial charge in [-0.1, -0.05) is 6.07 Å². The molecule has 2 aromatic rings. The zero-order valence-corrected chi connectivity index (χ0v) is 19.2. The fourth-order valence-corrected chi connectivity index (χ4v) is 5.04. The number of carbonyl (C=O) groups excluding carboxylic acids is 2. The van der Waals surface area contributed by atoms with Crippen LogP contribution in [0.15, 0.2) is 36.7 Å². The van der Waals surface area contributed by atoms with Crippen LogP contribution in [0.25, 0.3) is 5.69 Å². The molecule has 0 unspecified atom stereocenters. The lowest BCUT2D eigenvalue weighted by Gasteiger charge is -2.35. The molecule has 1 aliphatic heterocycles. The zero-order chi connectivity index (χ0) is 23.8. The van der Waals surface area contributed by atoms with Crippen molar-refractivity contribution in [3.8, 4) is 11.8 Å². The van der Waals surface area contributed by atoms with Crippen LogP contribution in [0.4, 0.5) is 9.18 Å². The van der Waals surface area contributed by atoms with Crippen LogP contribution in [0.1, 0.15) is 52.0 Å². The first-order chi connectivity index (χ1) is 15.7. The number of likely N-dealkylation sites (tertiary alicyclic amines) is 1.